The maximum Gasteiger partial charge on any atom is 0.267 e. The van der Waals surface area contributed by atoms with E-state index in [4.69, 9.17) is 14.3 Å². The Kier molecular flexibility index (Phi) is 8.65. The van der Waals surface area contributed by atoms with Crippen molar-refractivity contribution in [2.75, 3.05) is 19.7 Å². The third-order valence-corrected chi connectivity index (χ3v) is 8.20. The van der Waals surface area contributed by atoms with Crippen molar-refractivity contribution in [3.8, 4) is 5.75 Å². The fraction of sp³-hybridized carbons (Fsp3) is 0.353. The Balaban J connectivity index is 1.18. The molecule has 0 radical (unpaired) electrons. The zero-order chi connectivity index (χ0) is 28.8. The van der Waals surface area contributed by atoms with E-state index in [0.717, 1.165) is 50.0 Å². The summed E-state index contributed by atoms with van der Waals surface area (Å²) in [5, 5.41) is 0. The molecule has 1 spiro atoms. The summed E-state index contributed by atoms with van der Waals surface area (Å²) in [4.78, 5) is 36.1. The molecular weight excluding hydrogens is 530 g/mol. The zero-order valence-electron chi connectivity index (χ0n) is 23.7. The van der Waals surface area contributed by atoms with Crippen LogP contribution in [0.5, 0.6) is 5.75 Å². The average Bonchev–Trinajstić information content (AvgIpc) is 3.04. The summed E-state index contributed by atoms with van der Waals surface area (Å²) in [6, 6.07) is 26.0. The van der Waals surface area contributed by atoms with E-state index in [9.17, 15) is 9.59 Å². The summed E-state index contributed by atoms with van der Waals surface area (Å²) in [6.45, 7) is 3.62. The summed E-state index contributed by atoms with van der Waals surface area (Å²) < 4.78 is 12.2. The lowest BCUT2D eigenvalue weighted by molar-refractivity contribution is -0.198. The Morgan fingerprint density at radius 3 is 2.36 bits per heavy atom. The second-order valence-electron chi connectivity index (χ2n) is 11.2. The number of ether oxygens (including phenoxy) is 2. The van der Waals surface area contributed by atoms with Gasteiger partial charge in [0, 0.05) is 58.1 Å². The van der Waals surface area contributed by atoms with Gasteiger partial charge in [-0.2, -0.15) is 0 Å². The molecule has 0 aromatic heterocycles. The van der Waals surface area contributed by atoms with E-state index < -0.39 is 17.9 Å². The van der Waals surface area contributed by atoms with Crippen LogP contribution < -0.4 is 10.2 Å². The van der Waals surface area contributed by atoms with Gasteiger partial charge in [0.05, 0.1) is 5.56 Å². The number of piperidine rings is 1. The van der Waals surface area contributed by atoms with E-state index in [1.54, 1.807) is 12.1 Å². The van der Waals surface area contributed by atoms with E-state index in [1.165, 1.54) is 11.6 Å². The second-order valence-corrected chi connectivity index (χ2v) is 11.2. The molecule has 42 heavy (non-hydrogen) atoms. The van der Waals surface area contributed by atoms with Crippen molar-refractivity contribution >= 4 is 17.9 Å². The fourth-order valence-corrected chi connectivity index (χ4v) is 5.89. The number of amides is 2. The Labute approximate surface area is 246 Å². The number of carbonyl (C=O) groups excluding carboxylic acids is 2. The van der Waals surface area contributed by atoms with Gasteiger partial charge in [-0.05, 0) is 47.7 Å². The molecule has 2 fully saturated rings. The van der Waals surface area contributed by atoms with Crippen LogP contribution in [0.25, 0.3) is 6.08 Å². The number of hydrogen-bond acceptors (Lipinski definition) is 6. The molecule has 3 aromatic rings. The second kappa shape index (κ2) is 12.9. The maximum atomic E-state index is 14.1. The van der Waals surface area contributed by atoms with Gasteiger partial charge >= 0.3 is 0 Å². The third-order valence-electron chi connectivity index (χ3n) is 8.20. The molecule has 3 heterocycles. The number of carbonyl (C=O) groups is 2. The van der Waals surface area contributed by atoms with Crippen LogP contribution >= 0.6 is 0 Å². The van der Waals surface area contributed by atoms with Crippen molar-refractivity contribution in [2.45, 2.75) is 57.2 Å². The summed E-state index contributed by atoms with van der Waals surface area (Å²) in [6.07, 6.45) is 6.84. The zero-order valence-corrected chi connectivity index (χ0v) is 23.7. The third kappa shape index (κ3) is 6.57. The van der Waals surface area contributed by atoms with Crippen LogP contribution in [0.3, 0.4) is 0 Å². The van der Waals surface area contributed by atoms with Crippen molar-refractivity contribution in [3.63, 3.8) is 0 Å². The van der Waals surface area contributed by atoms with Gasteiger partial charge < -0.3 is 9.47 Å². The molecule has 2 amide bonds. The van der Waals surface area contributed by atoms with Crippen LogP contribution in [0.1, 0.15) is 59.2 Å². The van der Waals surface area contributed by atoms with E-state index in [1.807, 2.05) is 53.4 Å². The van der Waals surface area contributed by atoms with Crippen molar-refractivity contribution in [3.05, 3.63) is 107 Å². The maximum absolute atomic E-state index is 14.1. The van der Waals surface area contributed by atoms with Gasteiger partial charge in [-0.25, -0.2) is 10.3 Å². The van der Waals surface area contributed by atoms with Crippen LogP contribution in [0.4, 0.5) is 0 Å². The monoisotopic (exact) mass is 567 g/mol. The number of nitrogens with one attached hydrogen (secondary N) is 1. The first-order valence-electron chi connectivity index (χ1n) is 14.8. The number of hydrogen-bond donors (Lipinski definition) is 1. The number of rotatable bonds is 8. The number of benzene rings is 3. The predicted molar refractivity (Wildman–Crippen MR) is 159 cm³/mol. The summed E-state index contributed by atoms with van der Waals surface area (Å²) in [7, 11) is 0. The van der Waals surface area contributed by atoms with Crippen molar-refractivity contribution < 1.29 is 23.9 Å². The van der Waals surface area contributed by atoms with Crippen LogP contribution in [-0.2, 0) is 27.5 Å². The largest absolute Gasteiger partial charge is 0.467 e. The molecule has 3 aliphatic rings. The molecule has 218 valence electrons. The molecule has 1 unspecified atom stereocenters. The van der Waals surface area contributed by atoms with Gasteiger partial charge in [0.2, 0.25) is 0 Å². The minimum Gasteiger partial charge on any atom is -0.467 e. The Bertz CT molecular complexity index is 1400. The highest BCUT2D eigenvalue weighted by atomic mass is 16.8. The molecule has 2 saturated heterocycles. The van der Waals surface area contributed by atoms with Gasteiger partial charge in [0.1, 0.15) is 5.75 Å². The molecular formula is C34H37N3O5. The van der Waals surface area contributed by atoms with Crippen LogP contribution in [0.15, 0.2) is 84.9 Å². The highest BCUT2D eigenvalue weighted by Crippen LogP contribution is 2.41. The first-order chi connectivity index (χ1) is 20.6. The van der Waals surface area contributed by atoms with E-state index >= 15 is 0 Å². The van der Waals surface area contributed by atoms with Crippen molar-refractivity contribution in [2.24, 2.45) is 0 Å². The highest BCUT2D eigenvalue weighted by Gasteiger charge is 2.48. The molecule has 0 bridgehead atoms. The molecule has 3 aromatic carbocycles. The van der Waals surface area contributed by atoms with Crippen LogP contribution in [-0.4, -0.2) is 53.3 Å². The molecule has 0 aliphatic carbocycles. The van der Waals surface area contributed by atoms with Crippen LogP contribution in [0, 0.1) is 0 Å². The minimum atomic E-state index is -0.719. The number of fused-ring (bicyclic) bond motifs is 1. The minimum absolute atomic E-state index is 0.0610. The normalized spacial score (nSPS) is 20.3. The Morgan fingerprint density at radius 2 is 1.67 bits per heavy atom. The average molecular weight is 568 g/mol. The standard InChI is InChI=1S/C34H37N3O5/c38-31(35-42-32-13-7-8-22-40-32)17-15-26-14-16-30-29(23-26)33(39)37(25-28-11-5-2-6-12-28)34(41-30)18-20-36(21-19-34)24-27-9-3-1-4-10-27/h1-6,9-12,14-17,23,32H,7-8,13,18-22,24-25H2,(H,35,38)/b17-15+. The van der Waals surface area contributed by atoms with Gasteiger partial charge in [0.25, 0.3) is 11.8 Å². The molecule has 3 aliphatic heterocycles. The number of nitrogens with zero attached hydrogens (tertiary/aromatic N) is 2. The SMILES string of the molecule is O=C(/C=C/c1ccc2c(c1)C(=O)N(Cc1ccccc1)C1(CCN(Cc3ccccc3)CC1)O2)NOC1CCCCO1. The summed E-state index contributed by atoms with van der Waals surface area (Å²) >= 11 is 0. The van der Waals surface area contributed by atoms with Gasteiger partial charge in [0.15, 0.2) is 12.0 Å². The predicted octanol–water partition coefficient (Wildman–Crippen LogP) is 5.30. The van der Waals surface area contributed by atoms with Crippen LogP contribution in [0.2, 0.25) is 0 Å². The fourth-order valence-electron chi connectivity index (χ4n) is 5.89. The lowest BCUT2D eigenvalue weighted by Crippen LogP contribution is -2.62. The van der Waals surface area contributed by atoms with E-state index in [-0.39, 0.29) is 5.91 Å². The van der Waals surface area contributed by atoms with Gasteiger partial charge in [-0.1, -0.05) is 66.7 Å². The highest BCUT2D eigenvalue weighted by molar-refractivity contribution is 5.99. The molecule has 6 rings (SSSR count). The lowest BCUT2D eigenvalue weighted by atomic mass is 9.93. The topological polar surface area (TPSA) is 80.3 Å². The summed E-state index contributed by atoms with van der Waals surface area (Å²) in [5.74, 6) is 0.130. The van der Waals surface area contributed by atoms with Crippen molar-refractivity contribution in [1.29, 1.82) is 0 Å². The first kappa shape index (κ1) is 28.2. The Hall–Kier alpha value is -3.98. The smallest absolute Gasteiger partial charge is 0.267 e. The molecule has 8 nitrogen and oxygen atoms in total. The van der Waals surface area contributed by atoms with E-state index in [0.29, 0.717) is 37.3 Å². The lowest BCUT2D eigenvalue weighted by Gasteiger charge is -2.51. The molecule has 8 heteroatoms. The molecule has 0 saturated carbocycles. The number of likely N-dealkylation sites (tertiary alicyclic amines) is 1. The van der Waals surface area contributed by atoms with E-state index in [2.05, 4.69) is 34.6 Å². The van der Waals surface area contributed by atoms with Gasteiger partial charge in [-0.3, -0.25) is 19.4 Å². The quantitative estimate of drug-likeness (QED) is 0.294. The molecule has 1 N–H and O–H groups in total. The first-order valence-corrected chi connectivity index (χ1v) is 14.8. The van der Waals surface area contributed by atoms with Crippen molar-refractivity contribution in [1.82, 2.24) is 15.3 Å². The molecule has 1 atom stereocenters. The van der Waals surface area contributed by atoms with Gasteiger partial charge in [-0.15, -0.1) is 0 Å². The summed E-state index contributed by atoms with van der Waals surface area (Å²) in [5.41, 5.74) is 5.27. The number of hydroxylamine groups is 1. The Morgan fingerprint density at radius 1 is 0.952 bits per heavy atom.